The zero-order valence-corrected chi connectivity index (χ0v) is 24.7. The summed E-state index contributed by atoms with van der Waals surface area (Å²) in [4.78, 5) is 26.7. The Balaban J connectivity index is 1.95. The molecular weight excluding hydrogens is 551 g/mol. The zero-order chi connectivity index (χ0) is 31.4. The third kappa shape index (κ3) is 6.79. The van der Waals surface area contributed by atoms with Crippen LogP contribution in [0.3, 0.4) is 0 Å². The minimum atomic E-state index is -1.98. The highest BCUT2D eigenvalue weighted by atomic mass is 19.1. The van der Waals surface area contributed by atoms with E-state index >= 15 is 0 Å². The highest BCUT2D eigenvalue weighted by Gasteiger charge is 2.46. The van der Waals surface area contributed by atoms with Crippen molar-refractivity contribution >= 4 is 17.6 Å². The molecule has 0 aliphatic heterocycles. The van der Waals surface area contributed by atoms with E-state index in [-0.39, 0.29) is 35.0 Å². The van der Waals surface area contributed by atoms with Crippen molar-refractivity contribution in [2.45, 2.75) is 57.3 Å². The lowest BCUT2D eigenvalue weighted by Crippen LogP contribution is -2.41. The molecule has 1 heterocycles. The first kappa shape index (κ1) is 31.5. The molecule has 4 N–H and O–H groups in total. The lowest BCUT2D eigenvalue weighted by molar-refractivity contribution is -0.151. The van der Waals surface area contributed by atoms with Gasteiger partial charge in [-0.3, -0.25) is 9.59 Å². The van der Waals surface area contributed by atoms with E-state index in [4.69, 9.17) is 4.74 Å². The van der Waals surface area contributed by atoms with Crippen LogP contribution in [0.25, 0.3) is 11.1 Å². The Labute approximate surface area is 250 Å². The predicted molar refractivity (Wildman–Crippen MR) is 162 cm³/mol. The number of ether oxygens (including phenoxy) is 1. The van der Waals surface area contributed by atoms with Gasteiger partial charge in [0.05, 0.1) is 24.8 Å². The second kappa shape index (κ2) is 12.8. The summed E-state index contributed by atoms with van der Waals surface area (Å²) in [5, 5.41) is 37.2. The molecule has 0 saturated carbocycles. The number of hydrogen-bond donors (Lipinski definition) is 4. The number of aromatic hydroxyl groups is 1. The summed E-state index contributed by atoms with van der Waals surface area (Å²) in [5.41, 5.74) is -1.44. The number of anilines is 1. The molecule has 0 aliphatic carbocycles. The summed E-state index contributed by atoms with van der Waals surface area (Å²) >= 11 is 0. The fourth-order valence-corrected chi connectivity index (χ4v) is 5.41. The Hall–Kier alpha value is -4.47. The molecule has 0 spiro atoms. The van der Waals surface area contributed by atoms with Crippen molar-refractivity contribution in [3.05, 3.63) is 108 Å². The molecule has 2 atom stereocenters. The maximum Gasteiger partial charge on any atom is 0.308 e. The van der Waals surface area contributed by atoms with Gasteiger partial charge in [-0.15, -0.1) is 0 Å². The highest BCUT2D eigenvalue weighted by molar-refractivity contribution is 6.10. The van der Waals surface area contributed by atoms with Gasteiger partial charge >= 0.3 is 5.97 Å². The molecule has 1 aromatic heterocycles. The van der Waals surface area contributed by atoms with Crippen LogP contribution >= 0.6 is 0 Å². The zero-order valence-electron chi connectivity index (χ0n) is 24.7. The number of rotatable bonds is 11. The monoisotopic (exact) mass is 588 g/mol. The second-order valence-corrected chi connectivity index (χ2v) is 11.0. The van der Waals surface area contributed by atoms with Crippen molar-refractivity contribution in [1.29, 1.82) is 0 Å². The Kier molecular flexibility index (Phi) is 9.37. The van der Waals surface area contributed by atoms with E-state index in [0.717, 1.165) is 5.56 Å². The van der Waals surface area contributed by atoms with Gasteiger partial charge in [0.1, 0.15) is 22.8 Å². The topological polar surface area (TPSA) is 121 Å². The van der Waals surface area contributed by atoms with Crippen LogP contribution in [0.1, 0.15) is 67.7 Å². The molecule has 0 radical (unpaired) electrons. The Morgan fingerprint density at radius 2 is 1.58 bits per heavy atom. The quantitative estimate of drug-likeness (QED) is 0.121. The number of halogens is 1. The van der Waals surface area contributed by atoms with Crippen LogP contribution in [-0.2, 0) is 20.7 Å². The van der Waals surface area contributed by atoms with Crippen molar-refractivity contribution < 1.29 is 34.0 Å². The van der Waals surface area contributed by atoms with Crippen LogP contribution in [0, 0.1) is 5.82 Å². The fourth-order valence-electron chi connectivity index (χ4n) is 5.41. The molecule has 9 heteroatoms. The van der Waals surface area contributed by atoms with Crippen molar-refractivity contribution in [1.82, 2.24) is 4.57 Å². The van der Waals surface area contributed by atoms with Gasteiger partial charge in [-0.2, -0.15) is 0 Å². The third-order valence-electron chi connectivity index (χ3n) is 7.68. The van der Waals surface area contributed by atoms with Gasteiger partial charge in [0.2, 0.25) is 0 Å². The fraction of sp³-hybridized carbons (Fsp3) is 0.294. The van der Waals surface area contributed by atoms with E-state index in [1.165, 1.54) is 43.5 Å². The largest absolute Gasteiger partial charge is 0.508 e. The lowest BCUT2D eigenvalue weighted by Gasteiger charge is -2.38. The molecule has 0 fully saturated rings. The number of benzene rings is 3. The van der Waals surface area contributed by atoms with E-state index in [1.807, 2.05) is 44.2 Å². The molecule has 4 aromatic rings. The van der Waals surface area contributed by atoms with Crippen LogP contribution in [-0.4, -0.2) is 38.9 Å². The third-order valence-corrected chi connectivity index (χ3v) is 7.68. The summed E-state index contributed by atoms with van der Waals surface area (Å²) in [6.07, 6.45) is 0.948. The smallest absolute Gasteiger partial charge is 0.308 e. The summed E-state index contributed by atoms with van der Waals surface area (Å²) in [5.74, 6) is -1.71. The molecule has 4 rings (SSSR count). The number of esters is 1. The van der Waals surface area contributed by atoms with Crippen molar-refractivity contribution in [3.8, 4) is 16.9 Å². The van der Waals surface area contributed by atoms with Crippen molar-refractivity contribution in [2.24, 2.45) is 0 Å². The normalized spacial score (nSPS) is 14.1. The van der Waals surface area contributed by atoms with Gasteiger partial charge in [0, 0.05) is 29.9 Å². The number of phenols is 1. The number of phenolic OH excluding ortho intramolecular Hbond substituents is 1. The van der Waals surface area contributed by atoms with E-state index in [0.29, 0.717) is 11.3 Å². The molecule has 0 bridgehead atoms. The number of hydrogen-bond acceptors (Lipinski definition) is 6. The minimum Gasteiger partial charge on any atom is -0.508 e. The second-order valence-electron chi connectivity index (χ2n) is 11.0. The molecular formula is C34H37FN2O6. The highest BCUT2D eigenvalue weighted by Crippen LogP contribution is 2.45. The van der Waals surface area contributed by atoms with E-state index in [1.54, 1.807) is 29.8 Å². The van der Waals surface area contributed by atoms with Crippen LogP contribution in [0.2, 0.25) is 0 Å². The first-order valence-electron chi connectivity index (χ1n) is 14.1. The number of carbonyl (C=O) groups is 2. The maximum absolute atomic E-state index is 14.1. The van der Waals surface area contributed by atoms with Crippen LogP contribution in [0.4, 0.5) is 10.1 Å². The van der Waals surface area contributed by atoms with E-state index < -0.39 is 41.7 Å². The van der Waals surface area contributed by atoms with Gasteiger partial charge in [-0.05, 0) is 67.8 Å². The van der Waals surface area contributed by atoms with Gasteiger partial charge in [0.25, 0.3) is 5.91 Å². The average molecular weight is 589 g/mol. The summed E-state index contributed by atoms with van der Waals surface area (Å²) < 4.78 is 20.5. The Morgan fingerprint density at radius 3 is 2.14 bits per heavy atom. The van der Waals surface area contributed by atoms with E-state index in [2.05, 4.69) is 5.32 Å². The molecule has 2 unspecified atom stereocenters. The summed E-state index contributed by atoms with van der Waals surface area (Å²) in [6, 6.07) is 20.1. The molecule has 1 amide bonds. The Bertz CT molecular complexity index is 1570. The molecule has 0 saturated heterocycles. The van der Waals surface area contributed by atoms with Crippen molar-refractivity contribution in [2.75, 3.05) is 12.4 Å². The summed E-state index contributed by atoms with van der Waals surface area (Å²) in [7, 11) is 1.20. The number of methoxy groups -OCH3 is 1. The SMILES string of the molecule is CCC(O)(CC(O)(CC(=O)OC)c1ccc(F)cc1)c1c(C(=O)Nc2ccc(O)cc2)c(-c2ccccc2)cn1C(C)C. The van der Waals surface area contributed by atoms with Gasteiger partial charge < -0.3 is 29.9 Å². The van der Waals surface area contributed by atoms with Crippen molar-refractivity contribution in [3.63, 3.8) is 0 Å². The average Bonchev–Trinajstić information content (AvgIpc) is 3.41. The Morgan fingerprint density at radius 1 is 0.953 bits per heavy atom. The van der Waals surface area contributed by atoms with E-state index in [9.17, 15) is 29.3 Å². The first-order valence-corrected chi connectivity index (χ1v) is 14.1. The van der Waals surface area contributed by atoms with Gasteiger partial charge in [-0.1, -0.05) is 49.4 Å². The van der Waals surface area contributed by atoms with Gasteiger partial charge in [-0.25, -0.2) is 4.39 Å². The molecule has 43 heavy (non-hydrogen) atoms. The summed E-state index contributed by atoms with van der Waals surface area (Å²) in [6.45, 7) is 5.55. The lowest BCUT2D eigenvalue weighted by atomic mass is 9.76. The maximum atomic E-state index is 14.1. The number of aliphatic hydroxyl groups is 2. The standard InChI is InChI=1S/C34H37FN2O6/c1-5-33(41,21-34(42,19-29(39)43-4)24-11-13-25(35)14-12-24)31-30(32(40)36-26-15-17-27(38)18-16-26)28(20-37(31)22(2)3)23-9-7-6-8-10-23/h6-18,20,22,38,41-42H,5,19,21H2,1-4H3,(H,36,40). The molecule has 0 aliphatic rings. The van der Waals surface area contributed by atoms with Gasteiger partial charge in [0.15, 0.2) is 0 Å². The minimum absolute atomic E-state index is 0.0423. The predicted octanol–water partition coefficient (Wildman–Crippen LogP) is 6.27. The van der Waals surface area contributed by atoms with Crippen LogP contribution in [0.15, 0.2) is 85.1 Å². The number of aromatic nitrogens is 1. The number of carbonyl (C=O) groups excluding carboxylic acids is 2. The number of amides is 1. The van der Waals surface area contributed by atoms with Crippen LogP contribution < -0.4 is 5.32 Å². The van der Waals surface area contributed by atoms with Crippen LogP contribution in [0.5, 0.6) is 5.75 Å². The number of nitrogens with one attached hydrogen (secondary N) is 1. The molecule has 8 nitrogen and oxygen atoms in total. The number of nitrogens with zero attached hydrogens (tertiary/aromatic N) is 1. The first-order chi connectivity index (χ1) is 20.4. The molecule has 226 valence electrons. The molecule has 3 aromatic carbocycles.